The van der Waals surface area contributed by atoms with Gasteiger partial charge in [0.15, 0.2) is 0 Å². The molecule has 0 unspecified atom stereocenters. The molecule has 5 rings (SSSR count). The number of aryl methyl sites for hydroxylation is 2. The minimum Gasteiger partial charge on any atom is -0.494 e. The van der Waals surface area contributed by atoms with Crippen molar-refractivity contribution in [2.45, 2.75) is 59.7 Å². The van der Waals surface area contributed by atoms with Crippen LogP contribution in [-0.4, -0.2) is 106 Å². The van der Waals surface area contributed by atoms with Crippen LogP contribution in [0.3, 0.4) is 0 Å². The maximum atomic E-state index is 13.4. The van der Waals surface area contributed by atoms with Crippen LogP contribution in [0, 0.1) is 6.92 Å². The number of nitrogens with two attached hydrogens (primary N) is 3. The fraction of sp³-hybridized carbons (Fsp3) is 0.400. The Morgan fingerprint density at radius 3 is 2.40 bits per heavy atom. The Hall–Kier alpha value is -6.40. The van der Waals surface area contributed by atoms with Crippen molar-refractivity contribution in [2.75, 3.05) is 63.3 Å². The van der Waals surface area contributed by atoms with Crippen LogP contribution in [0.5, 0.6) is 11.5 Å². The van der Waals surface area contributed by atoms with Crippen molar-refractivity contribution >= 4 is 52.6 Å². The van der Waals surface area contributed by atoms with Gasteiger partial charge in [-0.1, -0.05) is 24.3 Å². The number of aromatic nitrogens is 4. The summed E-state index contributed by atoms with van der Waals surface area (Å²) in [6.07, 6.45) is 8.60. The van der Waals surface area contributed by atoms with Gasteiger partial charge in [-0.3, -0.25) is 24.4 Å². The summed E-state index contributed by atoms with van der Waals surface area (Å²) >= 11 is 0. The van der Waals surface area contributed by atoms with E-state index in [0.717, 1.165) is 13.0 Å². The lowest BCUT2D eigenvalue weighted by atomic mass is 10.1. The van der Waals surface area contributed by atoms with E-state index in [2.05, 4.69) is 26.4 Å². The standard InChI is InChI=1S/C39H50N10O7.CH5N/c1-7-48-30(19-25(2)45-48)36(52)44-37-43-29-20-26(24-50)21-32(54-6)34(29)47(37)16-9-8-13-42-33-28(40)22-27(35(41)51)23-31(33)55-18-11-10-14-46-15-12-17-49(46)38(53)56-39(3,4)5;1-2/h8-11,19-24,42H,7,12-18,40H2,1-6H3,(H2,41,51)(H,43,44,52);2H2,1H3/b9-8+,11-10+;. The molecule has 0 saturated carbocycles. The number of amides is 3. The summed E-state index contributed by atoms with van der Waals surface area (Å²) in [5, 5.41) is 14.1. The first-order chi connectivity index (χ1) is 27.7. The molecule has 3 amide bonds. The maximum Gasteiger partial charge on any atom is 0.424 e. The molecule has 0 spiro atoms. The Bertz CT molecular complexity index is 2150. The Morgan fingerprint density at radius 1 is 0.983 bits per heavy atom. The van der Waals surface area contributed by atoms with E-state index in [0.29, 0.717) is 77.6 Å². The number of methoxy groups -OCH3 is 1. The minimum atomic E-state index is -0.653. The number of hydrazine groups is 1. The Balaban J connectivity index is 0.00000366. The smallest absolute Gasteiger partial charge is 0.424 e. The lowest BCUT2D eigenvalue weighted by molar-refractivity contribution is -0.0217. The molecule has 1 aliphatic rings. The van der Waals surface area contributed by atoms with Crippen LogP contribution in [0.15, 0.2) is 54.6 Å². The molecule has 2 aromatic carbocycles. The van der Waals surface area contributed by atoms with Gasteiger partial charge in [-0.15, -0.1) is 0 Å². The van der Waals surface area contributed by atoms with Crippen LogP contribution in [0.2, 0.25) is 0 Å². The molecule has 1 saturated heterocycles. The molecule has 0 atom stereocenters. The van der Waals surface area contributed by atoms with Crippen molar-refractivity contribution in [3.8, 4) is 11.5 Å². The molecule has 18 heteroatoms. The number of fused-ring (bicyclic) bond motifs is 1. The number of nitrogen functional groups attached to an aromatic ring is 1. The molecule has 0 aliphatic carbocycles. The van der Waals surface area contributed by atoms with Gasteiger partial charge in [0.25, 0.3) is 5.91 Å². The molecule has 0 radical (unpaired) electrons. The number of hydrogen-bond donors (Lipinski definition) is 5. The number of nitrogens with one attached hydrogen (secondary N) is 2. The normalized spacial score (nSPS) is 13.1. The van der Waals surface area contributed by atoms with E-state index in [1.165, 1.54) is 26.3 Å². The van der Waals surface area contributed by atoms with Crippen LogP contribution in [0.4, 0.5) is 22.1 Å². The zero-order chi connectivity index (χ0) is 42.6. The number of ether oxygens (including phenoxy) is 3. The van der Waals surface area contributed by atoms with E-state index in [-0.39, 0.29) is 42.4 Å². The lowest BCUT2D eigenvalue weighted by Gasteiger charge is -2.29. The predicted octanol–water partition coefficient (Wildman–Crippen LogP) is 4.35. The highest BCUT2D eigenvalue weighted by molar-refractivity contribution is 6.03. The van der Waals surface area contributed by atoms with Crippen LogP contribution in [-0.2, 0) is 17.8 Å². The highest BCUT2D eigenvalue weighted by Gasteiger charge is 2.30. The van der Waals surface area contributed by atoms with Crippen molar-refractivity contribution in [2.24, 2.45) is 11.5 Å². The summed E-state index contributed by atoms with van der Waals surface area (Å²) in [5.41, 5.74) is 19.3. The number of aldehydes is 1. The summed E-state index contributed by atoms with van der Waals surface area (Å²) in [4.78, 5) is 54.4. The number of allylic oxidation sites excluding steroid dienone is 1. The first-order valence-corrected chi connectivity index (χ1v) is 18.8. The number of benzene rings is 2. The Morgan fingerprint density at radius 2 is 1.72 bits per heavy atom. The number of primary amides is 1. The summed E-state index contributed by atoms with van der Waals surface area (Å²) in [6, 6.07) is 7.95. The van der Waals surface area contributed by atoms with Gasteiger partial charge in [-0.05, 0) is 78.4 Å². The van der Waals surface area contributed by atoms with Gasteiger partial charge in [0.05, 0.1) is 24.0 Å². The summed E-state index contributed by atoms with van der Waals surface area (Å²) in [6.45, 7) is 12.2. The SMILES string of the molecule is CCn1nc(C)cc1C(=O)Nc1nc2cc(C=O)cc(OC)c2n1C/C=C/CNc1c(N)cc(C(N)=O)cc1OC/C=C/CN1CCCN1C(=O)OC(C)(C)C.CN. The molecule has 1 aliphatic heterocycles. The highest BCUT2D eigenvalue weighted by atomic mass is 16.6. The maximum absolute atomic E-state index is 13.4. The number of carbonyl (C=O) groups excluding carboxylic acids is 4. The third kappa shape index (κ3) is 11.1. The fourth-order valence-corrected chi connectivity index (χ4v) is 6.17. The third-order valence-corrected chi connectivity index (χ3v) is 8.66. The second kappa shape index (κ2) is 20.1. The molecule has 58 heavy (non-hydrogen) atoms. The first kappa shape index (κ1) is 44.3. The molecule has 312 valence electrons. The summed E-state index contributed by atoms with van der Waals surface area (Å²) in [7, 11) is 3.00. The minimum absolute atomic E-state index is 0.154. The Kier molecular flexibility index (Phi) is 15.4. The molecular weight excluding hydrogens is 747 g/mol. The van der Waals surface area contributed by atoms with Crippen molar-refractivity contribution in [3.05, 3.63) is 77.2 Å². The topological polar surface area (TPSA) is 240 Å². The van der Waals surface area contributed by atoms with E-state index < -0.39 is 11.5 Å². The van der Waals surface area contributed by atoms with Gasteiger partial charge >= 0.3 is 6.09 Å². The molecule has 0 bridgehead atoms. The number of rotatable bonds is 16. The summed E-state index contributed by atoms with van der Waals surface area (Å²) in [5.74, 6) is -0.0443. The lowest BCUT2D eigenvalue weighted by Crippen LogP contribution is -2.44. The van der Waals surface area contributed by atoms with Crippen molar-refractivity contribution in [1.82, 2.24) is 29.3 Å². The van der Waals surface area contributed by atoms with Gasteiger partial charge in [-0.25, -0.2) is 19.8 Å². The third-order valence-electron chi connectivity index (χ3n) is 8.66. The van der Waals surface area contributed by atoms with Crippen LogP contribution < -0.4 is 37.3 Å². The largest absolute Gasteiger partial charge is 0.494 e. The van der Waals surface area contributed by atoms with E-state index in [1.807, 2.05) is 63.9 Å². The zero-order valence-electron chi connectivity index (χ0n) is 34.2. The number of hydrogen-bond acceptors (Lipinski definition) is 13. The van der Waals surface area contributed by atoms with Crippen molar-refractivity contribution < 1.29 is 33.4 Å². The quantitative estimate of drug-likeness (QED) is 0.0602. The number of imidazole rings is 1. The second-order valence-electron chi connectivity index (χ2n) is 14.0. The summed E-state index contributed by atoms with van der Waals surface area (Å²) < 4.78 is 20.6. The second-order valence-corrected chi connectivity index (χ2v) is 14.0. The van der Waals surface area contributed by atoms with Gasteiger partial charge in [0.1, 0.15) is 46.9 Å². The predicted molar refractivity (Wildman–Crippen MR) is 223 cm³/mol. The molecule has 1 fully saturated rings. The van der Waals surface area contributed by atoms with Crippen LogP contribution in [0.1, 0.15) is 71.0 Å². The average Bonchev–Trinajstić information content (AvgIpc) is 3.91. The molecule has 3 heterocycles. The van der Waals surface area contributed by atoms with Gasteiger partial charge in [-0.2, -0.15) is 5.10 Å². The molecule has 18 nitrogen and oxygen atoms in total. The number of anilines is 3. The van der Waals surface area contributed by atoms with Crippen LogP contribution in [0.25, 0.3) is 11.0 Å². The van der Waals surface area contributed by atoms with E-state index in [9.17, 15) is 19.2 Å². The van der Waals surface area contributed by atoms with Gasteiger partial charge in [0, 0.05) is 50.4 Å². The molecular formula is C40H55N11O7. The van der Waals surface area contributed by atoms with Gasteiger partial charge < -0.3 is 41.3 Å². The highest BCUT2D eigenvalue weighted by Crippen LogP contribution is 2.33. The number of nitrogens with zero attached hydrogens (tertiary/aromatic N) is 6. The first-order valence-electron chi connectivity index (χ1n) is 18.8. The fourth-order valence-electron chi connectivity index (χ4n) is 6.17. The van der Waals surface area contributed by atoms with E-state index in [1.54, 1.807) is 32.5 Å². The van der Waals surface area contributed by atoms with Crippen LogP contribution >= 0.6 is 0 Å². The van der Waals surface area contributed by atoms with E-state index in [4.69, 9.17) is 25.7 Å². The Labute approximate surface area is 337 Å². The monoisotopic (exact) mass is 801 g/mol. The van der Waals surface area contributed by atoms with Gasteiger partial charge in [0.2, 0.25) is 11.9 Å². The van der Waals surface area contributed by atoms with Crippen molar-refractivity contribution in [1.29, 1.82) is 0 Å². The van der Waals surface area contributed by atoms with E-state index >= 15 is 0 Å². The van der Waals surface area contributed by atoms with Crippen molar-refractivity contribution in [3.63, 3.8) is 0 Å². The number of carbonyl (C=O) groups is 4. The molecule has 4 aromatic rings. The average molecular weight is 802 g/mol. The zero-order valence-corrected chi connectivity index (χ0v) is 34.2. The molecule has 2 aromatic heterocycles. The molecule has 8 N–H and O–H groups in total.